The molecule has 0 fully saturated rings. The summed E-state index contributed by atoms with van der Waals surface area (Å²) in [7, 11) is 1.40. The van der Waals surface area contributed by atoms with Crippen molar-refractivity contribution in [2.75, 3.05) is 13.7 Å². The van der Waals surface area contributed by atoms with Crippen LogP contribution in [0.25, 0.3) is 0 Å². The van der Waals surface area contributed by atoms with Crippen LogP contribution >= 0.6 is 31.9 Å². The van der Waals surface area contributed by atoms with E-state index in [0.29, 0.717) is 20.3 Å². The maximum Gasteiger partial charge on any atom is 0.343 e. The first-order chi connectivity index (χ1) is 17.2. The van der Waals surface area contributed by atoms with Crippen molar-refractivity contribution in [1.82, 2.24) is 5.43 Å². The van der Waals surface area contributed by atoms with E-state index in [9.17, 15) is 19.7 Å². The summed E-state index contributed by atoms with van der Waals surface area (Å²) in [6, 6.07) is 13.4. The van der Waals surface area contributed by atoms with Gasteiger partial charge in [-0.15, -0.1) is 0 Å². The van der Waals surface area contributed by atoms with Gasteiger partial charge < -0.3 is 14.2 Å². The second-order valence-corrected chi connectivity index (χ2v) is 8.95. The Bertz CT molecular complexity index is 1300. The van der Waals surface area contributed by atoms with Crippen LogP contribution < -0.4 is 19.6 Å². The Hall–Kier alpha value is -3.77. The highest BCUT2D eigenvalue weighted by molar-refractivity contribution is 9.11. The predicted octanol–water partition coefficient (Wildman–Crippen LogP) is 5.19. The predicted molar refractivity (Wildman–Crippen MR) is 139 cm³/mol. The van der Waals surface area contributed by atoms with Crippen molar-refractivity contribution < 1.29 is 28.7 Å². The third-order valence-electron chi connectivity index (χ3n) is 4.60. The van der Waals surface area contributed by atoms with Crippen molar-refractivity contribution in [1.29, 1.82) is 0 Å². The zero-order chi connectivity index (χ0) is 26.2. The molecule has 0 spiro atoms. The summed E-state index contributed by atoms with van der Waals surface area (Å²) >= 11 is 6.81. The average molecular weight is 621 g/mol. The molecule has 0 atom stereocenters. The lowest BCUT2D eigenvalue weighted by Crippen LogP contribution is -2.24. The molecule has 0 aliphatic rings. The molecule has 10 nitrogen and oxygen atoms in total. The molecule has 186 valence electrons. The standard InChI is InChI=1S/C24H19Br2N3O7/c1-14-9-18(25)23(19(26)10-14)35-13-22(30)28-27-12-15-3-8-20(21(11-15)34-2)36-24(31)16-4-6-17(7-5-16)29(32)33/h3-12H,13H2,1-2H3,(H,28,30). The molecule has 0 aliphatic carbocycles. The van der Waals surface area contributed by atoms with Crippen LogP contribution in [-0.4, -0.2) is 36.7 Å². The van der Waals surface area contributed by atoms with E-state index in [0.717, 1.165) is 5.56 Å². The summed E-state index contributed by atoms with van der Waals surface area (Å²) < 4.78 is 17.6. The molecule has 1 amide bonds. The van der Waals surface area contributed by atoms with Crippen molar-refractivity contribution in [2.45, 2.75) is 6.92 Å². The van der Waals surface area contributed by atoms with Gasteiger partial charge in [0.1, 0.15) is 5.75 Å². The Labute approximate surface area is 222 Å². The van der Waals surface area contributed by atoms with Gasteiger partial charge in [-0.1, -0.05) is 0 Å². The zero-order valence-corrected chi connectivity index (χ0v) is 22.2. The van der Waals surface area contributed by atoms with E-state index >= 15 is 0 Å². The number of hydrogen-bond acceptors (Lipinski definition) is 8. The first kappa shape index (κ1) is 26.8. The first-order valence-electron chi connectivity index (χ1n) is 10.2. The highest BCUT2D eigenvalue weighted by atomic mass is 79.9. The van der Waals surface area contributed by atoms with Crippen LogP contribution in [0.3, 0.4) is 0 Å². The topological polar surface area (TPSA) is 129 Å². The quantitative estimate of drug-likeness (QED) is 0.115. The van der Waals surface area contributed by atoms with Gasteiger partial charge in [-0.2, -0.15) is 5.10 Å². The van der Waals surface area contributed by atoms with Gasteiger partial charge in [0.2, 0.25) is 0 Å². The third-order valence-corrected chi connectivity index (χ3v) is 5.78. The van der Waals surface area contributed by atoms with E-state index in [1.54, 1.807) is 12.1 Å². The van der Waals surface area contributed by atoms with Gasteiger partial charge in [0.05, 0.1) is 32.8 Å². The number of nitro groups is 1. The van der Waals surface area contributed by atoms with Crippen LogP contribution in [0, 0.1) is 17.0 Å². The summed E-state index contributed by atoms with van der Waals surface area (Å²) in [4.78, 5) is 34.7. The van der Waals surface area contributed by atoms with E-state index in [4.69, 9.17) is 14.2 Å². The smallest absolute Gasteiger partial charge is 0.343 e. The van der Waals surface area contributed by atoms with Gasteiger partial charge in [0.25, 0.3) is 11.6 Å². The molecule has 0 saturated heterocycles. The van der Waals surface area contributed by atoms with Gasteiger partial charge in [-0.3, -0.25) is 14.9 Å². The Balaban J connectivity index is 1.58. The number of ether oxygens (including phenoxy) is 3. The fraction of sp³-hybridized carbons (Fsp3) is 0.125. The van der Waals surface area contributed by atoms with E-state index in [1.807, 2.05) is 19.1 Å². The summed E-state index contributed by atoms with van der Waals surface area (Å²) in [5.41, 5.74) is 3.96. The Morgan fingerprint density at radius 3 is 2.33 bits per heavy atom. The number of methoxy groups -OCH3 is 1. The van der Waals surface area contributed by atoms with Crippen molar-refractivity contribution in [3.8, 4) is 17.2 Å². The molecular formula is C24H19Br2N3O7. The largest absolute Gasteiger partial charge is 0.493 e. The molecule has 0 saturated carbocycles. The van der Waals surface area contributed by atoms with Crippen molar-refractivity contribution in [3.05, 3.63) is 90.3 Å². The Morgan fingerprint density at radius 1 is 1.06 bits per heavy atom. The minimum atomic E-state index is -0.705. The molecule has 3 aromatic carbocycles. The fourth-order valence-corrected chi connectivity index (χ4v) is 4.54. The van der Waals surface area contributed by atoms with Gasteiger partial charge >= 0.3 is 5.97 Å². The Morgan fingerprint density at radius 2 is 1.72 bits per heavy atom. The molecule has 36 heavy (non-hydrogen) atoms. The molecule has 0 bridgehead atoms. The second-order valence-electron chi connectivity index (χ2n) is 7.24. The van der Waals surface area contributed by atoms with Crippen LogP contribution in [0.2, 0.25) is 0 Å². The SMILES string of the molecule is COc1cc(C=NNC(=O)COc2c(Br)cc(C)cc2Br)ccc1OC(=O)c1ccc([N+](=O)[O-])cc1. The van der Waals surface area contributed by atoms with Crippen LogP contribution in [-0.2, 0) is 4.79 Å². The second kappa shape index (κ2) is 12.3. The first-order valence-corrected chi connectivity index (χ1v) is 11.8. The van der Waals surface area contributed by atoms with E-state index in [2.05, 4.69) is 42.4 Å². The molecule has 0 aliphatic heterocycles. The summed E-state index contributed by atoms with van der Waals surface area (Å²) in [5, 5.41) is 14.7. The van der Waals surface area contributed by atoms with Crippen LogP contribution in [0.5, 0.6) is 17.2 Å². The highest BCUT2D eigenvalue weighted by Crippen LogP contribution is 2.34. The number of non-ortho nitro benzene ring substituents is 1. The normalized spacial score (nSPS) is 10.7. The van der Waals surface area contributed by atoms with Gasteiger partial charge in [-0.05, 0) is 92.4 Å². The molecule has 0 aromatic heterocycles. The Kier molecular flexibility index (Phi) is 9.14. The lowest BCUT2D eigenvalue weighted by atomic mass is 10.2. The van der Waals surface area contributed by atoms with Gasteiger partial charge in [-0.25, -0.2) is 10.2 Å². The van der Waals surface area contributed by atoms with Gasteiger partial charge in [0.15, 0.2) is 18.1 Å². The number of nitrogens with one attached hydrogen (secondary N) is 1. The molecule has 1 N–H and O–H groups in total. The lowest BCUT2D eigenvalue weighted by molar-refractivity contribution is -0.384. The number of nitrogens with zero attached hydrogens (tertiary/aromatic N) is 2. The van der Waals surface area contributed by atoms with Crippen LogP contribution in [0.4, 0.5) is 5.69 Å². The number of carbonyl (C=O) groups excluding carboxylic acids is 2. The van der Waals surface area contributed by atoms with Crippen LogP contribution in [0.15, 0.2) is 68.6 Å². The van der Waals surface area contributed by atoms with Crippen molar-refractivity contribution in [3.63, 3.8) is 0 Å². The minimum absolute atomic E-state index is 0.137. The number of hydrazone groups is 1. The van der Waals surface area contributed by atoms with Gasteiger partial charge in [0, 0.05) is 12.1 Å². The number of esters is 1. The molecule has 0 heterocycles. The fourth-order valence-electron chi connectivity index (χ4n) is 2.90. The maximum atomic E-state index is 12.4. The number of halogens is 2. The van der Waals surface area contributed by atoms with Crippen molar-refractivity contribution >= 4 is 55.6 Å². The number of carbonyl (C=O) groups is 2. The number of nitro benzene ring substituents is 1. The number of benzene rings is 3. The molecule has 0 unspecified atom stereocenters. The summed E-state index contributed by atoms with van der Waals surface area (Å²) in [6.45, 7) is 1.68. The van der Waals surface area contributed by atoms with E-state index in [1.165, 1.54) is 43.7 Å². The van der Waals surface area contributed by atoms with Crippen LogP contribution in [0.1, 0.15) is 21.5 Å². The summed E-state index contributed by atoms with van der Waals surface area (Å²) in [6.07, 6.45) is 1.39. The monoisotopic (exact) mass is 619 g/mol. The average Bonchev–Trinajstić information content (AvgIpc) is 2.84. The van der Waals surface area contributed by atoms with E-state index in [-0.39, 0.29) is 29.4 Å². The highest BCUT2D eigenvalue weighted by Gasteiger charge is 2.15. The number of rotatable bonds is 9. The molecule has 3 aromatic rings. The minimum Gasteiger partial charge on any atom is -0.493 e. The van der Waals surface area contributed by atoms with E-state index < -0.39 is 16.8 Å². The number of amides is 1. The molecule has 3 rings (SSSR count). The molecule has 12 heteroatoms. The number of hydrogen-bond donors (Lipinski definition) is 1. The molecule has 0 radical (unpaired) electrons. The summed E-state index contributed by atoms with van der Waals surface area (Å²) in [5.74, 6) is -0.277. The number of aryl methyl sites for hydroxylation is 1. The van der Waals surface area contributed by atoms with Crippen molar-refractivity contribution in [2.24, 2.45) is 5.10 Å². The third kappa shape index (κ3) is 7.12. The lowest BCUT2D eigenvalue weighted by Gasteiger charge is -2.10. The zero-order valence-electron chi connectivity index (χ0n) is 19.0. The maximum absolute atomic E-state index is 12.4. The molecular weight excluding hydrogens is 602 g/mol.